The predicted molar refractivity (Wildman–Crippen MR) is 506 cm³/mol. The summed E-state index contributed by atoms with van der Waals surface area (Å²) < 4.78 is 113. The number of ether oxygens (including phenoxy) is 4. The van der Waals surface area contributed by atoms with Crippen LogP contribution < -0.4 is 40.2 Å². The Hall–Kier alpha value is -11.9. The van der Waals surface area contributed by atoms with E-state index in [1.807, 2.05) is 103 Å². The SMILES string of the molecule is CC(C)(C)c1cc2cc(NC(=O)C3(c4ccc5c(c4)OCO5)CC3)c(F)cc2n1C[C@@H](O)CO.CCC(C)(C)C1=Cc2cc(NC(=O)C3(c4ccc5c(c4)OC(F)(F)O5)CC3)c(F)cc2C1.CCC(C)(C)c1cc2cc(NC(=O)C3(c4ccc(C)cc4)CC3(C)C)c(F)cc2n1C[C@@H](O)CO.CCC(C)(C)c1cc2cc(NC(=O)C3(c4ccc(O)c(O)c4)CC3)c(F)cc2n1C[C@@H](O)CO. The fraction of sp³-hybridized carbons (Fsp3) is 0.434. The Morgan fingerprint density at radius 3 is 1.22 bits per heavy atom. The number of aromatic hydroxyl groups is 2. The maximum absolute atomic E-state index is 15.4. The summed E-state index contributed by atoms with van der Waals surface area (Å²) in [4.78, 5) is 53.2. The van der Waals surface area contributed by atoms with Crippen LogP contribution >= 0.6 is 0 Å². The summed E-state index contributed by atoms with van der Waals surface area (Å²) in [5, 5.41) is 91.2. The maximum Gasteiger partial charge on any atom is 0.586 e. The number of hydrogen-bond donors (Lipinski definition) is 12. The van der Waals surface area contributed by atoms with Gasteiger partial charge in [-0.2, -0.15) is 0 Å². The average Bonchev–Trinajstić information content (AvgIpc) is 1.52. The molecule has 718 valence electrons. The van der Waals surface area contributed by atoms with Crippen molar-refractivity contribution in [3.05, 3.63) is 230 Å². The van der Waals surface area contributed by atoms with Crippen LogP contribution in [-0.4, -0.2) is 129 Å². The molecule has 29 heteroatoms. The summed E-state index contributed by atoms with van der Waals surface area (Å²) in [6, 6.07) is 40.2. The quantitative estimate of drug-likeness (QED) is 0.0168. The summed E-state index contributed by atoms with van der Waals surface area (Å²) >= 11 is 0. The molecule has 23 nitrogen and oxygen atoms in total. The van der Waals surface area contributed by atoms with Gasteiger partial charge < -0.3 is 94.8 Å². The lowest BCUT2D eigenvalue weighted by Crippen LogP contribution is -2.32. The van der Waals surface area contributed by atoms with Crippen LogP contribution in [0.4, 0.5) is 49.1 Å². The van der Waals surface area contributed by atoms with E-state index in [1.54, 1.807) is 42.5 Å². The fourth-order valence-corrected chi connectivity index (χ4v) is 18.8. The lowest BCUT2D eigenvalue weighted by atomic mass is 9.81. The smallest absolute Gasteiger partial charge is 0.504 e. The van der Waals surface area contributed by atoms with E-state index in [1.165, 1.54) is 54.1 Å². The molecule has 4 fully saturated rings. The van der Waals surface area contributed by atoms with Crippen molar-refractivity contribution >= 4 is 85.2 Å². The fourth-order valence-electron chi connectivity index (χ4n) is 18.8. The first kappa shape index (κ1) is 97.7. The van der Waals surface area contributed by atoms with Crippen LogP contribution in [0.2, 0.25) is 0 Å². The largest absolute Gasteiger partial charge is 0.586 e. The van der Waals surface area contributed by atoms with Gasteiger partial charge in [0, 0.05) is 67.7 Å². The van der Waals surface area contributed by atoms with Crippen molar-refractivity contribution < 1.29 is 105 Å². The van der Waals surface area contributed by atoms with Gasteiger partial charge in [-0.05, 0) is 207 Å². The van der Waals surface area contributed by atoms with Gasteiger partial charge in [-0.3, -0.25) is 19.2 Å². The lowest BCUT2D eigenvalue weighted by molar-refractivity contribution is -0.286. The van der Waals surface area contributed by atoms with Crippen LogP contribution in [0.5, 0.6) is 34.5 Å². The molecular formula is C106H121F6N7O16. The predicted octanol–water partition coefficient (Wildman–Crippen LogP) is 19.4. The molecule has 8 aromatic carbocycles. The molecule has 5 heterocycles. The number of aromatic nitrogens is 3. The Kier molecular flexibility index (Phi) is 26.3. The minimum absolute atomic E-state index is 0.0210. The number of aliphatic hydroxyl groups is 6. The van der Waals surface area contributed by atoms with Crippen molar-refractivity contribution in [2.75, 3.05) is 47.9 Å². The molecule has 4 saturated carbocycles. The first-order chi connectivity index (χ1) is 63.5. The van der Waals surface area contributed by atoms with E-state index in [2.05, 4.69) is 106 Å². The van der Waals surface area contributed by atoms with Crippen molar-refractivity contribution in [2.24, 2.45) is 10.8 Å². The molecule has 7 aliphatic rings. The molecule has 4 amide bonds. The number of amides is 4. The van der Waals surface area contributed by atoms with E-state index in [9.17, 15) is 73.2 Å². The van der Waals surface area contributed by atoms with Gasteiger partial charge in [0.25, 0.3) is 0 Å². The zero-order valence-electron chi connectivity index (χ0n) is 78.8. The van der Waals surface area contributed by atoms with Gasteiger partial charge in [-0.1, -0.05) is 157 Å². The third kappa shape index (κ3) is 19.1. The highest BCUT2D eigenvalue weighted by atomic mass is 19.3. The molecule has 135 heavy (non-hydrogen) atoms. The number of benzene rings is 8. The topological polar surface area (TPSA) is 330 Å². The van der Waals surface area contributed by atoms with Crippen molar-refractivity contribution in [1.82, 2.24) is 13.7 Å². The maximum atomic E-state index is 15.4. The molecule has 11 aromatic rings. The Morgan fingerprint density at radius 1 is 0.437 bits per heavy atom. The molecule has 12 N–H and O–H groups in total. The number of aliphatic hydroxyl groups excluding tert-OH is 6. The minimum Gasteiger partial charge on any atom is -0.504 e. The number of anilines is 4. The van der Waals surface area contributed by atoms with E-state index >= 15 is 13.2 Å². The van der Waals surface area contributed by atoms with Gasteiger partial charge in [-0.15, -0.1) is 8.78 Å². The highest BCUT2D eigenvalue weighted by Crippen LogP contribution is 2.65. The Morgan fingerprint density at radius 2 is 0.807 bits per heavy atom. The highest BCUT2D eigenvalue weighted by molar-refractivity contribution is 6.06. The van der Waals surface area contributed by atoms with Crippen molar-refractivity contribution in [1.29, 1.82) is 0 Å². The van der Waals surface area contributed by atoms with Gasteiger partial charge in [0.05, 0.1) is 119 Å². The summed E-state index contributed by atoms with van der Waals surface area (Å²) in [5.41, 5.74) is 7.93. The lowest BCUT2D eigenvalue weighted by Gasteiger charge is -2.26. The van der Waals surface area contributed by atoms with E-state index in [0.29, 0.717) is 95.9 Å². The van der Waals surface area contributed by atoms with Crippen LogP contribution in [-0.2, 0) is 83.1 Å². The van der Waals surface area contributed by atoms with E-state index in [0.717, 1.165) is 74.9 Å². The van der Waals surface area contributed by atoms with Gasteiger partial charge in [0.15, 0.2) is 34.5 Å². The number of halogens is 6. The Bertz CT molecular complexity index is 6490. The second-order valence-electron chi connectivity index (χ2n) is 40.9. The number of carbonyl (C=O) groups is 4. The van der Waals surface area contributed by atoms with Gasteiger partial charge in [0.1, 0.15) is 23.3 Å². The first-order valence-corrected chi connectivity index (χ1v) is 46.1. The summed E-state index contributed by atoms with van der Waals surface area (Å²) in [6.07, 6.45) is 3.02. The summed E-state index contributed by atoms with van der Waals surface area (Å²) in [5.74, 6) is -2.84. The number of phenolic OH excluding ortho intramolecular Hbond substituents is 2. The molecule has 0 bridgehead atoms. The van der Waals surface area contributed by atoms with Crippen LogP contribution in [0.25, 0.3) is 38.8 Å². The third-order valence-corrected chi connectivity index (χ3v) is 29.0. The monoisotopic (exact) mass is 1860 g/mol. The molecule has 3 aromatic heterocycles. The number of phenols is 2. The van der Waals surface area contributed by atoms with Crippen molar-refractivity contribution in [3.63, 3.8) is 0 Å². The minimum atomic E-state index is -3.72. The molecule has 18 rings (SSSR count). The van der Waals surface area contributed by atoms with E-state index in [4.69, 9.17) is 9.47 Å². The second-order valence-corrected chi connectivity index (χ2v) is 40.9. The zero-order valence-corrected chi connectivity index (χ0v) is 78.8. The van der Waals surface area contributed by atoms with Gasteiger partial charge in [0.2, 0.25) is 30.4 Å². The van der Waals surface area contributed by atoms with Crippen molar-refractivity contribution in [2.45, 2.75) is 257 Å². The van der Waals surface area contributed by atoms with Gasteiger partial charge in [-0.25, -0.2) is 17.6 Å². The average molecular weight is 1860 g/mol. The summed E-state index contributed by atoms with van der Waals surface area (Å²) in [6.45, 7) is 30.6. The third-order valence-electron chi connectivity index (χ3n) is 29.0. The molecule has 5 aliphatic carbocycles. The molecular weight excluding hydrogens is 1740 g/mol. The normalized spacial score (nSPS) is 18.1. The summed E-state index contributed by atoms with van der Waals surface area (Å²) in [7, 11) is 0. The Balaban J connectivity index is 0.000000137. The van der Waals surface area contributed by atoms with Crippen LogP contribution in [0.15, 0.2) is 151 Å². The first-order valence-electron chi connectivity index (χ1n) is 46.1. The molecule has 4 atom stereocenters. The number of rotatable bonds is 27. The molecule has 0 spiro atoms. The van der Waals surface area contributed by atoms with Crippen LogP contribution in [0.1, 0.15) is 217 Å². The number of carbonyl (C=O) groups excluding carboxylic acids is 4. The van der Waals surface area contributed by atoms with E-state index in [-0.39, 0.29) is 136 Å². The van der Waals surface area contributed by atoms with Crippen LogP contribution in [0.3, 0.4) is 0 Å². The zero-order chi connectivity index (χ0) is 97.7. The number of aryl methyl sites for hydroxylation is 1. The number of nitrogens with zero attached hydrogens (tertiary/aromatic N) is 3. The Labute approximate surface area is 780 Å². The molecule has 2 aliphatic heterocycles. The number of fused-ring (bicyclic) bond motifs is 6. The highest BCUT2D eigenvalue weighted by Gasteiger charge is 2.67. The number of alkyl halides is 2. The number of allylic oxidation sites excluding steroid dienone is 1. The number of hydrogen-bond acceptors (Lipinski definition) is 16. The molecule has 1 unspecified atom stereocenters. The molecule has 0 radical (unpaired) electrons. The number of nitrogens with one attached hydrogen (secondary N) is 4. The van der Waals surface area contributed by atoms with E-state index < -0.39 is 76.1 Å². The standard InChI is InChI=1S/C29H37FN2O3.C26H29FN2O5.C26H31FN2O5.C25H24F3NO3/c1-7-27(3,4)25-13-19-12-23(22(30)14-24(19)32(25)15-21(34)16-33)31-26(35)29(17-28(29,5)6)20-10-8-18(2)9-11-20;1-25(2,3)23-9-15-8-19(18(27)11-20(15)29(23)12-17(31)13-30)28-24(32)26(6-7-26)16-4-5-21-22(10-16)34-14-33-21;1-4-25(2,3)23-10-15-9-19(18(27)12-20(15)29(23)13-17(31)14-30)28-24(34)26(7-8-26)16-5-6-21(32)22(33)11-16;1-4-23(2,3)17-9-14-11-18(26)19(12-15(14)10-17)29-22(30)24(7-8-24)16-5-6-20-21(13-16)32-25(27,28)31-20/h8-14,21,33-34H,7,15-17H2,1-6H3,(H,31,35);4-5,8-11,17,30-31H,6-7,12-14H2,1-3H3,(H,28,32);5-6,9-12,17,30-33H,4,7-8,13-14H2,1-3H3,(H,28,34);5-6,10-13H,4,7-9H2,1-3H3,(H,29,30)/t21-,29?;2*17-;/m111./s1. The van der Waals surface area contributed by atoms with Crippen molar-refractivity contribution in [3.8, 4) is 34.5 Å². The van der Waals surface area contributed by atoms with Crippen LogP contribution in [0, 0.1) is 41.0 Å². The molecule has 0 saturated heterocycles. The second kappa shape index (κ2) is 36.3. The van der Waals surface area contributed by atoms with Gasteiger partial charge >= 0.3 is 6.29 Å².